The molecule has 2 amide bonds. The van der Waals surface area contributed by atoms with Gasteiger partial charge in [-0.05, 0) is 55.4 Å². The van der Waals surface area contributed by atoms with Gasteiger partial charge in [-0.3, -0.25) is 14.4 Å². The summed E-state index contributed by atoms with van der Waals surface area (Å²) in [6.07, 6.45) is 8.77. The second-order valence-corrected chi connectivity index (χ2v) is 11.3. The van der Waals surface area contributed by atoms with Crippen molar-refractivity contribution in [3.05, 3.63) is 35.4 Å². The molecular weight excluding hydrogens is 474 g/mol. The van der Waals surface area contributed by atoms with Gasteiger partial charge < -0.3 is 25.2 Å². The average Bonchev–Trinajstić information content (AvgIpc) is 3.44. The molecule has 0 heterocycles. The van der Waals surface area contributed by atoms with E-state index in [0.717, 1.165) is 19.3 Å². The Labute approximate surface area is 216 Å². The highest BCUT2D eigenvalue weighted by atomic mass is 16.5. The minimum absolute atomic E-state index is 0.0240. The smallest absolute Gasteiger partial charge is 0.306 e. The van der Waals surface area contributed by atoms with E-state index in [1.165, 1.54) is 25.7 Å². The van der Waals surface area contributed by atoms with E-state index in [4.69, 9.17) is 14.6 Å². The molecule has 0 spiro atoms. The normalized spacial score (nSPS) is 30.4. The molecule has 4 aliphatic carbocycles. The predicted octanol–water partition coefficient (Wildman–Crippen LogP) is 3.04. The highest BCUT2D eigenvalue weighted by Gasteiger charge is 2.49. The number of carbonyl (C=O) groups is 3. The molecule has 0 radical (unpaired) electrons. The number of benzene rings is 1. The van der Waals surface area contributed by atoms with Crippen LogP contribution >= 0.6 is 0 Å². The number of rotatable bonds is 9. The number of fused-ring (bicyclic) bond motifs is 2. The van der Waals surface area contributed by atoms with Crippen LogP contribution in [0.5, 0.6) is 11.5 Å². The maximum absolute atomic E-state index is 13.5. The monoisotopic (exact) mass is 507 g/mol. The first-order valence-corrected chi connectivity index (χ1v) is 13.0. The summed E-state index contributed by atoms with van der Waals surface area (Å²) < 4.78 is 11.3. The van der Waals surface area contributed by atoms with Crippen LogP contribution in [0.4, 0.5) is 0 Å². The van der Waals surface area contributed by atoms with E-state index in [9.17, 15) is 19.6 Å². The summed E-state index contributed by atoms with van der Waals surface area (Å²) in [5.74, 6) is -1.48. The lowest BCUT2D eigenvalue weighted by Gasteiger charge is -2.39. The number of ether oxygens (including phenoxy) is 2. The van der Waals surface area contributed by atoms with Crippen molar-refractivity contribution in [2.45, 2.75) is 57.6 Å². The summed E-state index contributed by atoms with van der Waals surface area (Å²) in [6.45, 7) is 2.84. The Morgan fingerprint density at radius 3 is 2.49 bits per heavy atom. The lowest BCUT2D eigenvalue weighted by molar-refractivity contribution is -0.148. The second-order valence-electron chi connectivity index (χ2n) is 11.3. The molecule has 3 saturated carbocycles. The Hall–Kier alpha value is -3.54. The molecule has 2 bridgehead atoms. The molecule has 1 aromatic rings. The number of hydrogen-bond donors (Lipinski definition) is 3. The van der Waals surface area contributed by atoms with Crippen LogP contribution in [0.25, 0.3) is 0 Å². The van der Waals surface area contributed by atoms with Crippen LogP contribution in [0.2, 0.25) is 0 Å². The van der Waals surface area contributed by atoms with Gasteiger partial charge in [0.25, 0.3) is 5.91 Å². The van der Waals surface area contributed by atoms with Crippen molar-refractivity contribution in [2.24, 2.45) is 29.1 Å². The molecular formula is C28H33N3O6. The summed E-state index contributed by atoms with van der Waals surface area (Å²) in [7, 11) is 1.43. The number of carboxylic acids is 1. The molecule has 4 aliphatic rings. The number of nitrogens with one attached hydrogen (secondary N) is 2. The largest absolute Gasteiger partial charge is 0.496 e. The summed E-state index contributed by atoms with van der Waals surface area (Å²) in [5.41, 5.74) is 0.578. The fourth-order valence-corrected chi connectivity index (χ4v) is 6.12. The molecule has 1 aromatic carbocycles. The van der Waals surface area contributed by atoms with Crippen molar-refractivity contribution >= 4 is 17.8 Å². The zero-order valence-electron chi connectivity index (χ0n) is 21.2. The van der Waals surface area contributed by atoms with Crippen LogP contribution in [-0.2, 0) is 9.59 Å². The Kier molecular flexibility index (Phi) is 6.61. The Morgan fingerprint density at radius 1 is 1.14 bits per heavy atom. The molecule has 0 saturated heterocycles. The number of carboxylic acid groups (broad SMARTS) is 1. The third kappa shape index (κ3) is 4.77. The van der Waals surface area contributed by atoms with Crippen LogP contribution in [0.3, 0.4) is 0 Å². The molecule has 5 rings (SSSR count). The van der Waals surface area contributed by atoms with E-state index in [-0.39, 0.29) is 63.8 Å². The molecule has 9 heteroatoms. The summed E-state index contributed by atoms with van der Waals surface area (Å²) in [6, 6.07) is 4.66. The summed E-state index contributed by atoms with van der Waals surface area (Å²) >= 11 is 0. The van der Waals surface area contributed by atoms with Crippen molar-refractivity contribution in [2.75, 3.05) is 13.7 Å². The standard InChI is InChI=1S/C28H33N3O6/c1-28(6-3-7-28)14-30-26(33)23-15-4-5-16(8-15)24(23)31-25(32)20-12-21(18(13-29)11-22(20)36-2)37-19-9-17(10-19)27(34)35/h4-5,11-12,15-17,19,23-24H,3,6-10,14H2,1-2H3,(H,30,33)(H,31,32)(H,34,35). The molecule has 4 unspecified atom stereocenters. The van der Waals surface area contributed by atoms with E-state index in [1.54, 1.807) is 0 Å². The number of allylic oxidation sites excluding steroid dienone is 1. The highest BCUT2D eigenvalue weighted by Crippen LogP contribution is 2.45. The zero-order valence-corrected chi connectivity index (χ0v) is 21.2. The van der Waals surface area contributed by atoms with Crippen LogP contribution in [0.1, 0.15) is 61.4 Å². The van der Waals surface area contributed by atoms with E-state index in [1.807, 2.05) is 0 Å². The van der Waals surface area contributed by atoms with Gasteiger partial charge in [-0.2, -0.15) is 5.26 Å². The lowest BCUT2D eigenvalue weighted by Crippen LogP contribution is -2.50. The summed E-state index contributed by atoms with van der Waals surface area (Å²) in [4.78, 5) is 37.8. The van der Waals surface area contributed by atoms with Crippen molar-refractivity contribution in [3.8, 4) is 17.6 Å². The van der Waals surface area contributed by atoms with Crippen molar-refractivity contribution < 1.29 is 29.0 Å². The highest BCUT2D eigenvalue weighted by molar-refractivity contribution is 5.98. The quantitative estimate of drug-likeness (QED) is 0.437. The average molecular weight is 508 g/mol. The third-order valence-corrected chi connectivity index (χ3v) is 8.71. The Morgan fingerprint density at radius 2 is 1.86 bits per heavy atom. The fourth-order valence-electron chi connectivity index (χ4n) is 6.12. The number of methoxy groups -OCH3 is 1. The number of nitrogens with zero attached hydrogens (tertiary/aromatic N) is 1. The van der Waals surface area contributed by atoms with Gasteiger partial charge in [0.15, 0.2) is 0 Å². The van der Waals surface area contributed by atoms with Gasteiger partial charge in [-0.1, -0.05) is 25.5 Å². The topological polar surface area (TPSA) is 138 Å². The maximum Gasteiger partial charge on any atom is 0.306 e. The maximum atomic E-state index is 13.5. The Bertz CT molecular complexity index is 1180. The zero-order chi connectivity index (χ0) is 26.3. The fraction of sp³-hybridized carbons (Fsp3) is 0.571. The number of carbonyl (C=O) groups excluding carboxylic acids is 2. The predicted molar refractivity (Wildman–Crippen MR) is 133 cm³/mol. The lowest BCUT2D eigenvalue weighted by atomic mass is 9.70. The third-order valence-electron chi connectivity index (χ3n) is 8.71. The van der Waals surface area contributed by atoms with Gasteiger partial charge in [0, 0.05) is 18.7 Å². The molecule has 3 fully saturated rings. The van der Waals surface area contributed by atoms with Crippen LogP contribution in [0, 0.1) is 40.4 Å². The first-order chi connectivity index (χ1) is 17.7. The second kappa shape index (κ2) is 9.73. The van der Waals surface area contributed by atoms with Gasteiger partial charge in [0.05, 0.1) is 30.1 Å². The first kappa shape index (κ1) is 25.1. The molecule has 3 N–H and O–H groups in total. The minimum Gasteiger partial charge on any atom is -0.496 e. The van der Waals surface area contributed by atoms with Crippen LogP contribution in [0.15, 0.2) is 24.3 Å². The van der Waals surface area contributed by atoms with Crippen LogP contribution in [-0.4, -0.2) is 48.7 Å². The van der Waals surface area contributed by atoms with Gasteiger partial charge in [0.2, 0.25) is 5.91 Å². The van der Waals surface area contributed by atoms with Gasteiger partial charge >= 0.3 is 5.97 Å². The molecule has 37 heavy (non-hydrogen) atoms. The first-order valence-electron chi connectivity index (χ1n) is 13.0. The van der Waals surface area contributed by atoms with E-state index < -0.39 is 17.8 Å². The number of amides is 2. The van der Waals surface area contributed by atoms with E-state index >= 15 is 0 Å². The minimum atomic E-state index is -0.865. The van der Waals surface area contributed by atoms with Crippen LogP contribution < -0.4 is 20.1 Å². The Balaban J connectivity index is 1.32. The van der Waals surface area contributed by atoms with Crippen molar-refractivity contribution in [1.82, 2.24) is 10.6 Å². The molecule has 0 aromatic heterocycles. The van der Waals surface area contributed by atoms with E-state index in [0.29, 0.717) is 19.4 Å². The molecule has 0 aliphatic heterocycles. The van der Waals surface area contributed by atoms with Crippen molar-refractivity contribution in [3.63, 3.8) is 0 Å². The van der Waals surface area contributed by atoms with E-state index in [2.05, 4.69) is 35.8 Å². The molecule has 9 nitrogen and oxygen atoms in total. The number of aliphatic carboxylic acids is 1. The summed E-state index contributed by atoms with van der Waals surface area (Å²) in [5, 5.41) is 24.9. The SMILES string of the molecule is COc1cc(C#N)c(OC2CC(C(=O)O)C2)cc1C(=O)NC1C2C=CC(C2)C1C(=O)NCC1(C)CCC1. The van der Waals surface area contributed by atoms with Gasteiger partial charge in [0.1, 0.15) is 23.7 Å². The molecule has 196 valence electrons. The van der Waals surface area contributed by atoms with Crippen molar-refractivity contribution in [1.29, 1.82) is 5.26 Å². The number of nitriles is 1. The number of hydrogen-bond acceptors (Lipinski definition) is 6. The van der Waals surface area contributed by atoms with Gasteiger partial charge in [-0.15, -0.1) is 0 Å². The van der Waals surface area contributed by atoms with Gasteiger partial charge in [-0.25, -0.2) is 0 Å². The molecule has 4 atom stereocenters.